The maximum atomic E-state index is 3.57. The van der Waals surface area contributed by atoms with E-state index in [0.29, 0.717) is 0 Å². The predicted molar refractivity (Wildman–Crippen MR) is 82.3 cm³/mol. The summed E-state index contributed by atoms with van der Waals surface area (Å²) in [5, 5.41) is 3.57. The number of hydrogen-bond donors (Lipinski definition) is 1. The third-order valence-electron chi connectivity index (χ3n) is 3.55. The summed E-state index contributed by atoms with van der Waals surface area (Å²) >= 11 is 2.08. The van der Waals surface area contributed by atoms with Gasteiger partial charge in [0.2, 0.25) is 0 Å². The Hall–Kier alpha value is -0.470. The van der Waals surface area contributed by atoms with E-state index in [4.69, 9.17) is 0 Å². The van der Waals surface area contributed by atoms with Crippen molar-refractivity contribution in [2.45, 2.75) is 51.3 Å². The zero-order chi connectivity index (χ0) is 12.8. The van der Waals surface area contributed by atoms with E-state index < -0.39 is 0 Å². The molecular formula is C16H25NS. The lowest BCUT2D eigenvalue weighted by Gasteiger charge is -2.09. The highest BCUT2D eigenvalue weighted by atomic mass is 32.2. The van der Waals surface area contributed by atoms with Crippen molar-refractivity contribution in [3.05, 3.63) is 34.9 Å². The van der Waals surface area contributed by atoms with Crippen molar-refractivity contribution in [1.82, 2.24) is 5.32 Å². The SMILES string of the molecule is Cc1cc(C)cc(CSCCCC2CCCN2)c1. The Balaban J connectivity index is 1.62. The zero-order valence-corrected chi connectivity index (χ0v) is 12.5. The lowest BCUT2D eigenvalue weighted by Crippen LogP contribution is -2.20. The molecule has 0 radical (unpaired) electrons. The molecule has 1 aromatic rings. The van der Waals surface area contributed by atoms with Gasteiger partial charge in [0.15, 0.2) is 0 Å². The Morgan fingerprint density at radius 3 is 2.67 bits per heavy atom. The zero-order valence-electron chi connectivity index (χ0n) is 11.7. The number of thioether (sulfide) groups is 1. The van der Waals surface area contributed by atoms with Gasteiger partial charge in [0.1, 0.15) is 0 Å². The van der Waals surface area contributed by atoms with Gasteiger partial charge in [-0.05, 0) is 57.4 Å². The molecule has 0 saturated carbocycles. The van der Waals surface area contributed by atoms with Crippen molar-refractivity contribution < 1.29 is 0 Å². The topological polar surface area (TPSA) is 12.0 Å². The first-order chi connectivity index (χ1) is 8.74. The summed E-state index contributed by atoms with van der Waals surface area (Å²) in [7, 11) is 0. The van der Waals surface area contributed by atoms with Crippen LogP contribution in [0.3, 0.4) is 0 Å². The molecule has 1 fully saturated rings. The number of benzene rings is 1. The van der Waals surface area contributed by atoms with Crippen LogP contribution >= 0.6 is 11.8 Å². The van der Waals surface area contributed by atoms with Gasteiger partial charge in [-0.15, -0.1) is 0 Å². The second-order valence-corrected chi connectivity index (χ2v) is 6.59. The van der Waals surface area contributed by atoms with E-state index in [2.05, 4.69) is 49.1 Å². The van der Waals surface area contributed by atoms with Crippen molar-refractivity contribution >= 4 is 11.8 Å². The van der Waals surface area contributed by atoms with Gasteiger partial charge in [-0.2, -0.15) is 11.8 Å². The molecule has 2 heteroatoms. The smallest absolute Gasteiger partial charge is 0.0184 e. The first-order valence-corrected chi connectivity index (χ1v) is 8.28. The van der Waals surface area contributed by atoms with Crippen LogP contribution < -0.4 is 5.32 Å². The van der Waals surface area contributed by atoms with Gasteiger partial charge in [0.25, 0.3) is 0 Å². The molecule has 2 rings (SSSR count). The Labute approximate surface area is 116 Å². The van der Waals surface area contributed by atoms with Crippen LogP contribution in [0.15, 0.2) is 18.2 Å². The average molecular weight is 263 g/mol. The second-order valence-electron chi connectivity index (χ2n) is 5.48. The number of nitrogens with one attached hydrogen (secondary N) is 1. The van der Waals surface area contributed by atoms with Gasteiger partial charge in [0, 0.05) is 11.8 Å². The van der Waals surface area contributed by atoms with Crippen molar-refractivity contribution in [3.63, 3.8) is 0 Å². The van der Waals surface area contributed by atoms with Crippen LogP contribution in [-0.2, 0) is 5.75 Å². The van der Waals surface area contributed by atoms with Crippen LogP contribution in [0, 0.1) is 13.8 Å². The van der Waals surface area contributed by atoms with E-state index >= 15 is 0 Å². The van der Waals surface area contributed by atoms with E-state index in [1.54, 1.807) is 0 Å². The highest BCUT2D eigenvalue weighted by Gasteiger charge is 2.12. The Morgan fingerprint density at radius 1 is 1.22 bits per heavy atom. The lowest BCUT2D eigenvalue weighted by atomic mass is 10.1. The molecule has 18 heavy (non-hydrogen) atoms. The van der Waals surface area contributed by atoms with E-state index in [-0.39, 0.29) is 0 Å². The van der Waals surface area contributed by atoms with Crippen LogP contribution in [-0.4, -0.2) is 18.3 Å². The Kier molecular flexibility index (Phi) is 5.58. The summed E-state index contributed by atoms with van der Waals surface area (Å²) < 4.78 is 0. The van der Waals surface area contributed by atoms with E-state index in [9.17, 15) is 0 Å². The summed E-state index contributed by atoms with van der Waals surface area (Å²) in [6.07, 6.45) is 5.48. The Bertz CT molecular complexity index is 349. The van der Waals surface area contributed by atoms with Gasteiger partial charge in [0.05, 0.1) is 0 Å². The van der Waals surface area contributed by atoms with Crippen molar-refractivity contribution in [1.29, 1.82) is 0 Å². The largest absolute Gasteiger partial charge is 0.314 e. The highest BCUT2D eigenvalue weighted by Crippen LogP contribution is 2.18. The molecule has 0 bridgehead atoms. The standard InChI is InChI=1S/C16H25NS/c1-13-9-14(2)11-15(10-13)12-18-8-4-6-16-5-3-7-17-16/h9-11,16-17H,3-8,12H2,1-2H3. The lowest BCUT2D eigenvalue weighted by molar-refractivity contribution is 0.553. The molecule has 0 amide bonds. The fourth-order valence-corrected chi connectivity index (χ4v) is 3.69. The molecule has 0 aromatic heterocycles. The molecule has 1 saturated heterocycles. The molecule has 1 aliphatic heterocycles. The van der Waals surface area contributed by atoms with E-state index in [1.165, 1.54) is 60.4 Å². The molecular weight excluding hydrogens is 238 g/mol. The molecule has 0 aliphatic carbocycles. The average Bonchev–Trinajstić information content (AvgIpc) is 2.80. The number of aryl methyl sites for hydroxylation is 2. The van der Waals surface area contributed by atoms with E-state index in [1.807, 2.05) is 0 Å². The number of rotatable bonds is 6. The molecule has 1 unspecified atom stereocenters. The molecule has 100 valence electrons. The predicted octanol–water partition coefficient (Wildman–Crippen LogP) is 4.07. The van der Waals surface area contributed by atoms with Crippen LogP contribution in [0.4, 0.5) is 0 Å². The summed E-state index contributed by atoms with van der Waals surface area (Å²) in [4.78, 5) is 0. The Morgan fingerprint density at radius 2 is 2.00 bits per heavy atom. The summed E-state index contributed by atoms with van der Waals surface area (Å²) in [5.74, 6) is 2.46. The molecule has 1 N–H and O–H groups in total. The maximum Gasteiger partial charge on any atom is 0.0184 e. The van der Waals surface area contributed by atoms with Gasteiger partial charge >= 0.3 is 0 Å². The van der Waals surface area contributed by atoms with Crippen LogP contribution in [0.25, 0.3) is 0 Å². The van der Waals surface area contributed by atoms with Crippen molar-refractivity contribution in [2.75, 3.05) is 12.3 Å². The first kappa shape index (κ1) is 14.0. The fourth-order valence-electron chi connectivity index (χ4n) is 2.78. The quantitative estimate of drug-likeness (QED) is 0.777. The van der Waals surface area contributed by atoms with Gasteiger partial charge in [-0.1, -0.05) is 29.3 Å². The molecule has 1 nitrogen and oxygen atoms in total. The maximum absolute atomic E-state index is 3.57. The third-order valence-corrected chi connectivity index (χ3v) is 4.67. The van der Waals surface area contributed by atoms with Gasteiger partial charge < -0.3 is 5.32 Å². The minimum Gasteiger partial charge on any atom is -0.314 e. The van der Waals surface area contributed by atoms with Crippen molar-refractivity contribution in [2.24, 2.45) is 0 Å². The summed E-state index contributed by atoms with van der Waals surface area (Å²) in [6.45, 7) is 5.61. The second kappa shape index (κ2) is 7.20. The molecule has 1 atom stereocenters. The molecule has 1 heterocycles. The molecule has 0 spiro atoms. The third kappa shape index (κ3) is 4.66. The van der Waals surface area contributed by atoms with Gasteiger partial charge in [-0.3, -0.25) is 0 Å². The van der Waals surface area contributed by atoms with Crippen LogP contribution in [0.5, 0.6) is 0 Å². The van der Waals surface area contributed by atoms with Crippen molar-refractivity contribution in [3.8, 4) is 0 Å². The minimum absolute atomic E-state index is 0.812. The monoisotopic (exact) mass is 263 g/mol. The highest BCUT2D eigenvalue weighted by molar-refractivity contribution is 7.98. The molecule has 1 aromatic carbocycles. The first-order valence-electron chi connectivity index (χ1n) is 7.12. The minimum atomic E-state index is 0.812. The molecule has 1 aliphatic rings. The van der Waals surface area contributed by atoms with Gasteiger partial charge in [-0.25, -0.2) is 0 Å². The van der Waals surface area contributed by atoms with E-state index in [0.717, 1.165) is 6.04 Å². The fraction of sp³-hybridized carbons (Fsp3) is 0.625. The van der Waals surface area contributed by atoms with Crippen LogP contribution in [0.2, 0.25) is 0 Å². The summed E-state index contributed by atoms with van der Waals surface area (Å²) in [5.41, 5.74) is 4.26. The normalized spacial score (nSPS) is 19.3. The summed E-state index contributed by atoms with van der Waals surface area (Å²) in [6, 6.07) is 7.70. The number of hydrogen-bond acceptors (Lipinski definition) is 2. The van der Waals surface area contributed by atoms with Crippen LogP contribution in [0.1, 0.15) is 42.4 Å².